The van der Waals surface area contributed by atoms with E-state index in [-0.39, 0.29) is 11.5 Å². The van der Waals surface area contributed by atoms with Crippen LogP contribution in [-0.4, -0.2) is 6.10 Å². The van der Waals surface area contributed by atoms with Crippen LogP contribution in [0, 0.1) is 5.92 Å². The molecule has 0 aliphatic carbocycles. The summed E-state index contributed by atoms with van der Waals surface area (Å²) in [6.07, 6.45) is 0.264. The highest BCUT2D eigenvalue weighted by atomic mass is 16.5. The van der Waals surface area contributed by atoms with Gasteiger partial charge in [-0.1, -0.05) is 46.8 Å². The molecule has 0 spiro atoms. The minimum Gasteiger partial charge on any atom is -0.490 e. The van der Waals surface area contributed by atoms with Gasteiger partial charge in [-0.3, -0.25) is 0 Å². The number of hydrogen-bond donors (Lipinski definition) is 0. The smallest absolute Gasteiger partial charge is 0.119 e. The minimum atomic E-state index is 0.211. The van der Waals surface area contributed by atoms with E-state index in [1.165, 1.54) is 5.56 Å². The third-order valence-corrected chi connectivity index (χ3v) is 2.98. The highest BCUT2D eigenvalue weighted by molar-refractivity contribution is 5.31. The molecule has 0 N–H and O–H groups in total. The van der Waals surface area contributed by atoms with Crippen molar-refractivity contribution in [2.24, 2.45) is 5.92 Å². The van der Waals surface area contributed by atoms with Gasteiger partial charge in [-0.15, -0.1) is 0 Å². The first-order valence-electron chi connectivity index (χ1n) is 6.08. The van der Waals surface area contributed by atoms with Crippen LogP contribution in [0.1, 0.15) is 47.1 Å². The van der Waals surface area contributed by atoms with Gasteiger partial charge in [0.1, 0.15) is 5.75 Å². The first-order valence-corrected chi connectivity index (χ1v) is 6.08. The Labute approximate surface area is 99.8 Å². The molecule has 1 unspecified atom stereocenters. The molecule has 0 saturated heterocycles. The van der Waals surface area contributed by atoms with Crippen LogP contribution < -0.4 is 4.74 Å². The maximum Gasteiger partial charge on any atom is 0.119 e. The standard InChI is InChI=1S/C15H24O/c1-11(2)12(3)16-14-9-7-13(8-10-14)15(4,5)6/h7-12H,1-6H3. The van der Waals surface area contributed by atoms with Gasteiger partial charge >= 0.3 is 0 Å². The highest BCUT2D eigenvalue weighted by Gasteiger charge is 2.14. The number of ether oxygens (including phenoxy) is 1. The monoisotopic (exact) mass is 220 g/mol. The second-order valence-corrected chi connectivity index (χ2v) is 5.84. The van der Waals surface area contributed by atoms with E-state index in [0.29, 0.717) is 5.92 Å². The lowest BCUT2D eigenvalue weighted by Gasteiger charge is -2.21. The molecule has 0 aliphatic rings. The van der Waals surface area contributed by atoms with E-state index >= 15 is 0 Å². The zero-order valence-corrected chi connectivity index (χ0v) is 11.4. The normalized spacial score (nSPS) is 13.9. The molecule has 0 aromatic heterocycles. The van der Waals surface area contributed by atoms with Crippen molar-refractivity contribution in [1.29, 1.82) is 0 Å². The van der Waals surface area contributed by atoms with Crippen LogP contribution in [0.25, 0.3) is 0 Å². The summed E-state index contributed by atoms with van der Waals surface area (Å²) in [5.74, 6) is 1.51. The Morgan fingerprint density at radius 3 is 1.81 bits per heavy atom. The molecule has 16 heavy (non-hydrogen) atoms. The molecule has 0 fully saturated rings. The van der Waals surface area contributed by atoms with Gasteiger partial charge in [0.2, 0.25) is 0 Å². The van der Waals surface area contributed by atoms with Gasteiger partial charge in [0.05, 0.1) is 6.10 Å². The first-order chi connectivity index (χ1) is 7.30. The average molecular weight is 220 g/mol. The quantitative estimate of drug-likeness (QED) is 0.733. The Morgan fingerprint density at radius 2 is 1.44 bits per heavy atom. The highest BCUT2D eigenvalue weighted by Crippen LogP contribution is 2.25. The molecule has 0 bridgehead atoms. The topological polar surface area (TPSA) is 9.23 Å². The van der Waals surface area contributed by atoms with Crippen molar-refractivity contribution in [3.05, 3.63) is 29.8 Å². The van der Waals surface area contributed by atoms with Crippen LogP contribution in [0.15, 0.2) is 24.3 Å². The van der Waals surface area contributed by atoms with Crippen molar-refractivity contribution in [3.63, 3.8) is 0 Å². The predicted octanol–water partition coefficient (Wildman–Crippen LogP) is 4.41. The van der Waals surface area contributed by atoms with E-state index in [1.807, 2.05) is 0 Å². The van der Waals surface area contributed by atoms with Gasteiger partial charge in [-0.2, -0.15) is 0 Å². The summed E-state index contributed by atoms with van der Waals surface area (Å²) >= 11 is 0. The Bertz CT molecular complexity index is 316. The summed E-state index contributed by atoms with van der Waals surface area (Å²) in [5.41, 5.74) is 1.56. The molecule has 0 radical (unpaired) electrons. The lowest BCUT2D eigenvalue weighted by atomic mass is 9.87. The number of rotatable bonds is 3. The third-order valence-electron chi connectivity index (χ3n) is 2.98. The van der Waals surface area contributed by atoms with Crippen LogP contribution >= 0.6 is 0 Å². The van der Waals surface area contributed by atoms with Crippen molar-refractivity contribution in [1.82, 2.24) is 0 Å². The van der Waals surface area contributed by atoms with Crippen LogP contribution in [0.2, 0.25) is 0 Å². The van der Waals surface area contributed by atoms with E-state index in [4.69, 9.17) is 4.74 Å². The lowest BCUT2D eigenvalue weighted by molar-refractivity contribution is 0.170. The molecule has 1 heteroatoms. The Morgan fingerprint density at radius 1 is 0.938 bits per heavy atom. The average Bonchev–Trinajstić information content (AvgIpc) is 2.17. The van der Waals surface area contributed by atoms with Crippen LogP contribution in [0.5, 0.6) is 5.75 Å². The fraction of sp³-hybridized carbons (Fsp3) is 0.600. The molecule has 0 amide bonds. The van der Waals surface area contributed by atoms with Crippen LogP contribution in [0.4, 0.5) is 0 Å². The second kappa shape index (κ2) is 4.90. The molecule has 0 aliphatic heterocycles. The van der Waals surface area contributed by atoms with E-state index < -0.39 is 0 Å². The van der Waals surface area contributed by atoms with E-state index in [9.17, 15) is 0 Å². The zero-order valence-electron chi connectivity index (χ0n) is 11.4. The fourth-order valence-corrected chi connectivity index (χ4v) is 1.38. The van der Waals surface area contributed by atoms with Crippen molar-refractivity contribution >= 4 is 0 Å². The van der Waals surface area contributed by atoms with Gasteiger partial charge < -0.3 is 4.74 Å². The van der Waals surface area contributed by atoms with Crippen molar-refractivity contribution in [2.45, 2.75) is 53.1 Å². The van der Waals surface area contributed by atoms with E-state index in [2.05, 4.69) is 65.8 Å². The Balaban J connectivity index is 2.72. The molecule has 1 atom stereocenters. The summed E-state index contributed by atoms with van der Waals surface area (Å²) < 4.78 is 5.84. The fourth-order valence-electron chi connectivity index (χ4n) is 1.38. The molecule has 1 rings (SSSR count). The first kappa shape index (κ1) is 13.1. The molecule has 0 saturated carbocycles. The lowest BCUT2D eigenvalue weighted by Crippen LogP contribution is -2.18. The molecule has 1 aromatic carbocycles. The van der Waals surface area contributed by atoms with Crippen molar-refractivity contribution in [3.8, 4) is 5.75 Å². The third kappa shape index (κ3) is 3.55. The zero-order chi connectivity index (χ0) is 12.3. The Hall–Kier alpha value is -0.980. The summed E-state index contributed by atoms with van der Waals surface area (Å²) in [4.78, 5) is 0. The Kier molecular flexibility index (Phi) is 4.01. The van der Waals surface area contributed by atoms with Crippen molar-refractivity contribution in [2.75, 3.05) is 0 Å². The van der Waals surface area contributed by atoms with Crippen molar-refractivity contribution < 1.29 is 4.74 Å². The molecule has 1 aromatic rings. The maximum atomic E-state index is 5.84. The SMILES string of the molecule is CC(C)C(C)Oc1ccc(C(C)(C)C)cc1. The molecule has 90 valence electrons. The predicted molar refractivity (Wildman–Crippen MR) is 70.1 cm³/mol. The van der Waals surface area contributed by atoms with Crippen LogP contribution in [0.3, 0.4) is 0 Å². The molecular weight excluding hydrogens is 196 g/mol. The summed E-state index contributed by atoms with van der Waals surface area (Å²) in [6.45, 7) is 13.1. The molecule has 0 heterocycles. The summed E-state index contributed by atoms with van der Waals surface area (Å²) in [7, 11) is 0. The van der Waals surface area contributed by atoms with Crippen LogP contribution in [-0.2, 0) is 5.41 Å². The van der Waals surface area contributed by atoms with E-state index in [1.54, 1.807) is 0 Å². The van der Waals surface area contributed by atoms with Gasteiger partial charge in [-0.05, 0) is 36.0 Å². The summed E-state index contributed by atoms with van der Waals surface area (Å²) in [5, 5.41) is 0. The summed E-state index contributed by atoms with van der Waals surface area (Å²) in [6, 6.07) is 8.45. The van der Waals surface area contributed by atoms with Gasteiger partial charge in [-0.25, -0.2) is 0 Å². The maximum absolute atomic E-state index is 5.84. The minimum absolute atomic E-state index is 0.211. The van der Waals surface area contributed by atoms with Gasteiger partial charge in [0, 0.05) is 0 Å². The molecule has 1 nitrogen and oxygen atoms in total. The largest absolute Gasteiger partial charge is 0.490 e. The van der Waals surface area contributed by atoms with E-state index in [0.717, 1.165) is 5.75 Å². The molecular formula is C15H24O. The van der Waals surface area contributed by atoms with Gasteiger partial charge in [0.15, 0.2) is 0 Å². The number of hydrogen-bond acceptors (Lipinski definition) is 1. The number of benzene rings is 1. The van der Waals surface area contributed by atoms with Gasteiger partial charge in [0.25, 0.3) is 0 Å². The second-order valence-electron chi connectivity index (χ2n) is 5.84.